The number of hydrogen-bond acceptors (Lipinski definition) is 3. The molecule has 0 saturated heterocycles. The Bertz CT molecular complexity index is 557. The molecule has 1 fully saturated rings. The van der Waals surface area contributed by atoms with Crippen LogP contribution in [-0.2, 0) is 9.59 Å². The van der Waals surface area contributed by atoms with Crippen molar-refractivity contribution in [3.05, 3.63) is 24.3 Å². The summed E-state index contributed by atoms with van der Waals surface area (Å²) in [6, 6.07) is 7.36. The molecule has 1 aliphatic rings. The van der Waals surface area contributed by atoms with Gasteiger partial charge in [0.25, 0.3) is 0 Å². The van der Waals surface area contributed by atoms with E-state index >= 15 is 0 Å². The van der Waals surface area contributed by atoms with Crippen LogP contribution in [0, 0.1) is 11.8 Å². The Morgan fingerprint density at radius 3 is 2.48 bits per heavy atom. The van der Waals surface area contributed by atoms with Crippen LogP contribution in [0.2, 0.25) is 0 Å². The fourth-order valence-corrected chi connectivity index (χ4v) is 2.90. The minimum absolute atomic E-state index is 0.0142. The lowest BCUT2D eigenvalue weighted by atomic mass is 9.83. The highest BCUT2D eigenvalue weighted by atomic mass is 16.2. The Morgan fingerprint density at radius 1 is 1.17 bits per heavy atom. The van der Waals surface area contributed by atoms with Gasteiger partial charge in [-0.05, 0) is 37.0 Å². The van der Waals surface area contributed by atoms with Crippen molar-refractivity contribution in [2.75, 3.05) is 10.6 Å². The van der Waals surface area contributed by atoms with Crippen molar-refractivity contribution in [2.45, 2.75) is 52.0 Å². The molecule has 4 N–H and O–H groups in total. The van der Waals surface area contributed by atoms with Crippen molar-refractivity contribution in [3.8, 4) is 0 Å². The molecule has 5 nitrogen and oxygen atoms in total. The summed E-state index contributed by atoms with van der Waals surface area (Å²) in [4.78, 5) is 23.9. The van der Waals surface area contributed by atoms with Gasteiger partial charge >= 0.3 is 0 Å². The molecule has 0 bridgehead atoms. The number of benzene rings is 1. The maximum absolute atomic E-state index is 12.2. The number of hydrogen-bond donors (Lipinski definition) is 3. The van der Waals surface area contributed by atoms with Gasteiger partial charge in [-0.1, -0.05) is 32.8 Å². The number of nitrogens with two attached hydrogens (primary N) is 1. The molecule has 1 aromatic rings. The number of carbonyl (C=O) groups excluding carboxylic acids is 2. The van der Waals surface area contributed by atoms with E-state index in [2.05, 4.69) is 10.6 Å². The number of anilines is 2. The third-order valence-corrected chi connectivity index (χ3v) is 4.35. The summed E-state index contributed by atoms with van der Waals surface area (Å²) in [5, 5.41) is 5.74. The van der Waals surface area contributed by atoms with Crippen LogP contribution in [0.3, 0.4) is 0 Å². The SMILES string of the molecule is CC(C)C(=O)Nc1cccc(NC(=O)CC2CCCCC2N)c1. The maximum Gasteiger partial charge on any atom is 0.226 e. The van der Waals surface area contributed by atoms with Gasteiger partial charge in [0.15, 0.2) is 0 Å². The summed E-state index contributed by atoms with van der Waals surface area (Å²) in [5.41, 5.74) is 7.49. The van der Waals surface area contributed by atoms with Crippen molar-refractivity contribution in [2.24, 2.45) is 17.6 Å². The highest BCUT2D eigenvalue weighted by Gasteiger charge is 2.24. The molecule has 0 heterocycles. The van der Waals surface area contributed by atoms with E-state index < -0.39 is 0 Å². The van der Waals surface area contributed by atoms with Gasteiger partial charge < -0.3 is 16.4 Å². The minimum Gasteiger partial charge on any atom is -0.327 e. The van der Waals surface area contributed by atoms with Crippen molar-refractivity contribution >= 4 is 23.2 Å². The third kappa shape index (κ3) is 5.36. The van der Waals surface area contributed by atoms with Gasteiger partial charge in [0.05, 0.1) is 0 Å². The number of rotatable bonds is 5. The first-order valence-electron chi connectivity index (χ1n) is 8.42. The largest absolute Gasteiger partial charge is 0.327 e. The van der Waals surface area contributed by atoms with E-state index in [1.165, 1.54) is 0 Å². The van der Waals surface area contributed by atoms with E-state index in [1.54, 1.807) is 6.07 Å². The van der Waals surface area contributed by atoms with Crippen molar-refractivity contribution in [1.82, 2.24) is 0 Å². The van der Waals surface area contributed by atoms with Gasteiger partial charge in [-0.2, -0.15) is 0 Å². The minimum atomic E-state index is -0.0824. The van der Waals surface area contributed by atoms with Gasteiger partial charge in [0, 0.05) is 29.8 Å². The zero-order valence-electron chi connectivity index (χ0n) is 14.0. The molecule has 2 unspecified atom stereocenters. The molecule has 1 aliphatic carbocycles. The molecule has 1 saturated carbocycles. The molecular weight excluding hydrogens is 290 g/mol. The summed E-state index contributed by atoms with van der Waals surface area (Å²) in [7, 11) is 0. The average molecular weight is 317 g/mol. The summed E-state index contributed by atoms with van der Waals surface area (Å²) in [5.74, 6) is 0.134. The third-order valence-electron chi connectivity index (χ3n) is 4.35. The van der Waals surface area contributed by atoms with Crippen LogP contribution in [-0.4, -0.2) is 17.9 Å². The fraction of sp³-hybridized carbons (Fsp3) is 0.556. The van der Waals surface area contributed by atoms with Crippen molar-refractivity contribution in [1.29, 1.82) is 0 Å². The zero-order valence-corrected chi connectivity index (χ0v) is 14.0. The Morgan fingerprint density at radius 2 is 1.83 bits per heavy atom. The quantitative estimate of drug-likeness (QED) is 0.780. The Balaban J connectivity index is 1.91. The lowest BCUT2D eigenvalue weighted by molar-refractivity contribution is -0.119. The van der Waals surface area contributed by atoms with Crippen LogP contribution in [0.1, 0.15) is 46.0 Å². The standard InChI is InChI=1S/C18H27N3O2/c1-12(2)18(23)21-15-8-5-7-14(11-15)20-17(22)10-13-6-3-4-9-16(13)19/h5,7-8,11-13,16H,3-4,6,9-10,19H2,1-2H3,(H,20,22)(H,21,23). The van der Waals surface area contributed by atoms with Crippen LogP contribution in [0.15, 0.2) is 24.3 Å². The monoisotopic (exact) mass is 317 g/mol. The van der Waals surface area contributed by atoms with Gasteiger partial charge in [-0.15, -0.1) is 0 Å². The lowest BCUT2D eigenvalue weighted by Gasteiger charge is -2.27. The van der Waals surface area contributed by atoms with Crippen molar-refractivity contribution < 1.29 is 9.59 Å². The van der Waals surface area contributed by atoms with Crippen LogP contribution >= 0.6 is 0 Å². The smallest absolute Gasteiger partial charge is 0.226 e. The number of nitrogens with one attached hydrogen (secondary N) is 2. The maximum atomic E-state index is 12.2. The molecular formula is C18H27N3O2. The molecule has 2 rings (SSSR count). The summed E-state index contributed by atoms with van der Waals surface area (Å²) in [6.45, 7) is 3.68. The van der Waals surface area contributed by atoms with Crippen molar-refractivity contribution in [3.63, 3.8) is 0 Å². The summed E-state index contributed by atoms with van der Waals surface area (Å²) < 4.78 is 0. The van der Waals surface area contributed by atoms with Gasteiger partial charge in [-0.25, -0.2) is 0 Å². The van der Waals surface area contributed by atoms with Gasteiger partial charge in [-0.3, -0.25) is 9.59 Å². The molecule has 0 radical (unpaired) electrons. The molecule has 2 amide bonds. The molecule has 0 aliphatic heterocycles. The van der Waals surface area contributed by atoms with E-state index in [4.69, 9.17) is 5.73 Å². The Kier molecular flexibility index (Phi) is 6.16. The normalized spacial score (nSPS) is 21.0. The predicted octanol–water partition coefficient (Wildman–Crippen LogP) is 3.13. The highest BCUT2D eigenvalue weighted by Crippen LogP contribution is 2.26. The first kappa shape index (κ1) is 17.5. The second-order valence-electron chi connectivity index (χ2n) is 6.69. The van der Waals surface area contributed by atoms with Crippen LogP contribution in [0.5, 0.6) is 0 Å². The van der Waals surface area contributed by atoms with E-state index in [1.807, 2.05) is 32.0 Å². The van der Waals surface area contributed by atoms with E-state index in [0.717, 1.165) is 25.7 Å². The topological polar surface area (TPSA) is 84.2 Å². The molecule has 2 atom stereocenters. The van der Waals surface area contributed by atoms with E-state index in [0.29, 0.717) is 17.8 Å². The molecule has 0 spiro atoms. The van der Waals surface area contributed by atoms with Gasteiger partial charge in [0.2, 0.25) is 11.8 Å². The van der Waals surface area contributed by atoms with E-state index in [-0.39, 0.29) is 29.7 Å². The number of amides is 2. The fourth-order valence-electron chi connectivity index (χ4n) is 2.90. The molecule has 5 heteroatoms. The Hall–Kier alpha value is -1.88. The molecule has 126 valence electrons. The summed E-state index contributed by atoms with van der Waals surface area (Å²) in [6.07, 6.45) is 4.82. The highest BCUT2D eigenvalue weighted by molar-refractivity contribution is 5.94. The van der Waals surface area contributed by atoms with Crippen LogP contribution < -0.4 is 16.4 Å². The molecule has 1 aromatic carbocycles. The lowest BCUT2D eigenvalue weighted by Crippen LogP contribution is -2.35. The second-order valence-corrected chi connectivity index (χ2v) is 6.69. The predicted molar refractivity (Wildman–Crippen MR) is 93.1 cm³/mol. The zero-order chi connectivity index (χ0) is 16.8. The first-order chi connectivity index (χ1) is 11.0. The Labute approximate surface area is 138 Å². The molecule has 23 heavy (non-hydrogen) atoms. The van der Waals surface area contributed by atoms with E-state index in [9.17, 15) is 9.59 Å². The van der Waals surface area contributed by atoms with Crippen LogP contribution in [0.25, 0.3) is 0 Å². The molecule has 0 aromatic heterocycles. The average Bonchev–Trinajstić information content (AvgIpc) is 2.49. The van der Waals surface area contributed by atoms with Gasteiger partial charge in [0.1, 0.15) is 0 Å². The number of carbonyl (C=O) groups is 2. The second kappa shape index (κ2) is 8.11. The first-order valence-corrected chi connectivity index (χ1v) is 8.42. The summed E-state index contributed by atoms with van der Waals surface area (Å²) >= 11 is 0. The van der Waals surface area contributed by atoms with Crippen LogP contribution in [0.4, 0.5) is 11.4 Å².